The average Bonchev–Trinajstić information content (AvgIpc) is 2.79. The Morgan fingerprint density at radius 1 is 1.18 bits per heavy atom. The van der Waals surface area contributed by atoms with Gasteiger partial charge in [0, 0.05) is 43.9 Å². The molecule has 0 bridgehead atoms. The zero-order valence-electron chi connectivity index (χ0n) is 15.0. The summed E-state index contributed by atoms with van der Waals surface area (Å²) >= 11 is 0. The number of hydrogen-bond acceptors (Lipinski definition) is 5. The van der Waals surface area contributed by atoms with Crippen LogP contribution in [-0.2, 0) is 21.2 Å². The molecule has 1 aliphatic heterocycles. The Kier molecular flexibility index (Phi) is 5.78. The van der Waals surface area contributed by atoms with Gasteiger partial charge in [0.15, 0.2) is 9.84 Å². The van der Waals surface area contributed by atoms with Crippen LogP contribution in [0, 0.1) is 5.82 Å². The van der Waals surface area contributed by atoms with Crippen LogP contribution in [0.25, 0.3) is 0 Å². The maximum absolute atomic E-state index is 14.1. The van der Waals surface area contributed by atoms with Crippen molar-refractivity contribution in [3.8, 4) is 0 Å². The minimum Gasteiger partial charge on any atom is -0.342 e. The summed E-state index contributed by atoms with van der Waals surface area (Å²) in [5, 5.41) is -0.992. The van der Waals surface area contributed by atoms with E-state index in [-0.39, 0.29) is 49.7 Å². The van der Waals surface area contributed by atoms with Crippen molar-refractivity contribution < 1.29 is 17.6 Å². The minimum absolute atomic E-state index is 0.0175. The van der Waals surface area contributed by atoms with E-state index in [1.807, 2.05) is 0 Å². The number of H-pyrrole nitrogens is 1. The van der Waals surface area contributed by atoms with E-state index >= 15 is 0 Å². The lowest BCUT2D eigenvalue weighted by atomic mass is 10.1. The van der Waals surface area contributed by atoms with E-state index in [0.29, 0.717) is 0 Å². The highest BCUT2D eigenvalue weighted by atomic mass is 32.2. The average molecular weight is 409 g/mol. The summed E-state index contributed by atoms with van der Waals surface area (Å²) in [5.74, 6) is -1.13. The molecule has 3 rings (SSSR count). The van der Waals surface area contributed by atoms with Gasteiger partial charge in [-0.05, 0) is 12.5 Å². The molecule has 0 radical (unpaired) electrons. The van der Waals surface area contributed by atoms with E-state index in [2.05, 4.69) is 4.98 Å². The van der Waals surface area contributed by atoms with Gasteiger partial charge in [-0.3, -0.25) is 14.6 Å². The molecule has 8 nitrogen and oxygen atoms in total. The molecule has 10 heteroatoms. The Morgan fingerprint density at radius 3 is 2.64 bits per heavy atom. The smallest absolute Gasteiger partial charge is 0.328 e. The van der Waals surface area contributed by atoms with Crippen LogP contribution in [0.15, 0.2) is 46.1 Å². The molecule has 1 aromatic heterocycles. The van der Waals surface area contributed by atoms with E-state index in [9.17, 15) is 27.2 Å². The molecular formula is C18H20FN3O5S. The van der Waals surface area contributed by atoms with E-state index in [1.54, 1.807) is 6.07 Å². The molecular weight excluding hydrogens is 389 g/mol. The van der Waals surface area contributed by atoms with Crippen LogP contribution in [0.5, 0.6) is 0 Å². The van der Waals surface area contributed by atoms with Gasteiger partial charge >= 0.3 is 5.69 Å². The highest BCUT2D eigenvalue weighted by Crippen LogP contribution is 2.31. The quantitative estimate of drug-likeness (QED) is 0.789. The van der Waals surface area contributed by atoms with Crippen LogP contribution in [0.3, 0.4) is 0 Å². The SMILES string of the molecule is O=C(CCn1ccc(=O)[nH]c1=O)N1CCC(c2ccccc2F)S(=O)(=O)CC1. The first-order chi connectivity index (χ1) is 13.3. The zero-order valence-corrected chi connectivity index (χ0v) is 15.8. The third kappa shape index (κ3) is 4.38. The molecule has 0 aliphatic carbocycles. The van der Waals surface area contributed by atoms with Crippen LogP contribution in [0.2, 0.25) is 0 Å². The normalized spacial score (nSPS) is 19.2. The summed E-state index contributed by atoms with van der Waals surface area (Å²) in [6, 6.07) is 6.95. The van der Waals surface area contributed by atoms with Gasteiger partial charge in [-0.1, -0.05) is 18.2 Å². The topological polar surface area (TPSA) is 109 Å². The van der Waals surface area contributed by atoms with Crippen LogP contribution in [-0.4, -0.2) is 47.6 Å². The van der Waals surface area contributed by atoms with Gasteiger partial charge in [0.05, 0.1) is 11.0 Å². The number of carbonyl (C=O) groups is 1. The number of aromatic amines is 1. The lowest BCUT2D eigenvalue weighted by molar-refractivity contribution is -0.131. The summed E-state index contributed by atoms with van der Waals surface area (Å²) < 4.78 is 40.5. The summed E-state index contributed by atoms with van der Waals surface area (Å²) in [7, 11) is -3.61. The Balaban J connectivity index is 1.70. The number of amides is 1. The molecule has 1 fully saturated rings. The lowest BCUT2D eigenvalue weighted by Gasteiger charge is -2.20. The van der Waals surface area contributed by atoms with E-state index in [4.69, 9.17) is 0 Å². The number of aromatic nitrogens is 2. The van der Waals surface area contributed by atoms with Crippen molar-refractivity contribution in [2.75, 3.05) is 18.8 Å². The monoisotopic (exact) mass is 409 g/mol. The summed E-state index contributed by atoms with van der Waals surface area (Å²) in [4.78, 5) is 38.8. The van der Waals surface area contributed by atoms with Crippen molar-refractivity contribution in [2.24, 2.45) is 0 Å². The number of sulfone groups is 1. The van der Waals surface area contributed by atoms with Crippen LogP contribution in [0.1, 0.15) is 23.7 Å². The molecule has 150 valence electrons. The first kappa shape index (κ1) is 20.0. The number of halogens is 1. The first-order valence-corrected chi connectivity index (χ1v) is 10.5. The molecule has 1 unspecified atom stereocenters. The van der Waals surface area contributed by atoms with Gasteiger partial charge in [-0.2, -0.15) is 0 Å². The van der Waals surface area contributed by atoms with Crippen molar-refractivity contribution >= 4 is 15.7 Å². The number of nitrogens with one attached hydrogen (secondary N) is 1. The number of benzene rings is 1. The molecule has 0 spiro atoms. The number of carbonyl (C=O) groups excluding carboxylic acids is 1. The molecule has 0 saturated carbocycles. The Labute approximate surface area is 160 Å². The maximum atomic E-state index is 14.1. The fourth-order valence-electron chi connectivity index (χ4n) is 3.27. The predicted molar refractivity (Wildman–Crippen MR) is 100 cm³/mol. The summed E-state index contributed by atoms with van der Waals surface area (Å²) in [6.07, 6.45) is 1.39. The standard InChI is InChI=1S/C18H20FN3O5S/c19-14-4-2-1-3-13(14)15-5-8-21(11-12-28(15,26)27)17(24)7-10-22-9-6-16(23)20-18(22)25/h1-4,6,9,15H,5,7-8,10-12H2,(H,20,23,25). The van der Waals surface area contributed by atoms with Crippen molar-refractivity contribution in [3.63, 3.8) is 0 Å². The fourth-order valence-corrected chi connectivity index (χ4v) is 5.08. The fraction of sp³-hybridized carbons (Fsp3) is 0.389. The molecule has 2 aromatic rings. The van der Waals surface area contributed by atoms with E-state index in [0.717, 1.165) is 0 Å². The highest BCUT2D eigenvalue weighted by Gasteiger charge is 2.33. The molecule has 1 N–H and O–H groups in total. The van der Waals surface area contributed by atoms with Crippen LogP contribution < -0.4 is 11.2 Å². The number of nitrogens with zero attached hydrogens (tertiary/aromatic N) is 2. The second kappa shape index (κ2) is 8.09. The van der Waals surface area contributed by atoms with Gasteiger partial charge in [0.1, 0.15) is 5.82 Å². The van der Waals surface area contributed by atoms with Gasteiger partial charge in [-0.15, -0.1) is 0 Å². The van der Waals surface area contributed by atoms with E-state index in [1.165, 1.54) is 39.9 Å². The van der Waals surface area contributed by atoms with Gasteiger partial charge < -0.3 is 9.47 Å². The molecule has 1 amide bonds. The second-order valence-corrected chi connectivity index (χ2v) is 8.90. The summed E-state index contributed by atoms with van der Waals surface area (Å²) in [5.41, 5.74) is -1.01. The number of hydrogen-bond donors (Lipinski definition) is 1. The minimum atomic E-state index is -3.61. The summed E-state index contributed by atoms with van der Waals surface area (Å²) in [6.45, 7) is 0.263. The Morgan fingerprint density at radius 2 is 1.93 bits per heavy atom. The van der Waals surface area contributed by atoms with Gasteiger partial charge in [0.25, 0.3) is 5.56 Å². The van der Waals surface area contributed by atoms with E-state index < -0.39 is 32.2 Å². The maximum Gasteiger partial charge on any atom is 0.328 e. The molecule has 1 aliphatic rings. The lowest BCUT2D eigenvalue weighted by Crippen LogP contribution is -2.35. The van der Waals surface area contributed by atoms with Crippen molar-refractivity contribution in [1.29, 1.82) is 0 Å². The molecule has 28 heavy (non-hydrogen) atoms. The highest BCUT2D eigenvalue weighted by molar-refractivity contribution is 7.91. The first-order valence-electron chi connectivity index (χ1n) is 8.81. The van der Waals surface area contributed by atoms with Gasteiger partial charge in [0.2, 0.25) is 5.91 Å². The third-order valence-electron chi connectivity index (χ3n) is 4.81. The Hall–Kier alpha value is -2.75. The van der Waals surface area contributed by atoms with Crippen molar-refractivity contribution in [3.05, 3.63) is 68.7 Å². The van der Waals surface area contributed by atoms with Crippen LogP contribution in [0.4, 0.5) is 4.39 Å². The molecule has 1 saturated heterocycles. The van der Waals surface area contributed by atoms with Crippen molar-refractivity contribution in [1.82, 2.24) is 14.5 Å². The van der Waals surface area contributed by atoms with Gasteiger partial charge in [-0.25, -0.2) is 17.6 Å². The Bertz CT molecular complexity index is 1090. The largest absolute Gasteiger partial charge is 0.342 e. The van der Waals surface area contributed by atoms with Crippen molar-refractivity contribution in [2.45, 2.75) is 24.6 Å². The zero-order chi connectivity index (χ0) is 20.3. The second-order valence-electron chi connectivity index (χ2n) is 6.60. The number of aryl methyl sites for hydroxylation is 1. The molecule has 1 aromatic carbocycles. The molecule has 1 atom stereocenters. The molecule has 2 heterocycles. The predicted octanol–water partition coefficient (Wildman–Crippen LogP) is 0.454. The number of rotatable bonds is 4. The third-order valence-corrected chi connectivity index (χ3v) is 6.92. The van der Waals surface area contributed by atoms with Crippen LogP contribution >= 0.6 is 0 Å².